The lowest BCUT2D eigenvalue weighted by Gasteiger charge is -2.30. The lowest BCUT2D eigenvalue weighted by molar-refractivity contribution is -0.127. The first-order valence-corrected chi connectivity index (χ1v) is 9.54. The molecular formula is C14H29NOS3. The second-order valence-electron chi connectivity index (χ2n) is 6.82. The minimum atomic E-state index is -0.300. The number of thiol groups is 1. The molecule has 0 atom stereocenters. The van der Waals surface area contributed by atoms with Crippen molar-refractivity contribution >= 4 is 40.0 Å². The Hall–Kier alpha value is 0.680. The van der Waals surface area contributed by atoms with Gasteiger partial charge in [0.2, 0.25) is 0 Å². The Morgan fingerprint density at radius 1 is 1.11 bits per heavy atom. The van der Waals surface area contributed by atoms with Gasteiger partial charge in [0.05, 0.1) is 9.62 Å². The number of rotatable bonds is 8. The van der Waals surface area contributed by atoms with E-state index in [0.717, 1.165) is 18.7 Å². The zero-order valence-electron chi connectivity index (χ0n) is 13.3. The number of Topliss-reactive ketones (excluding diaryl/α,β-unsaturated/α-hetero) is 1. The van der Waals surface area contributed by atoms with Crippen LogP contribution >= 0.6 is 34.2 Å². The first-order valence-electron chi connectivity index (χ1n) is 6.69. The smallest absolute Gasteiger partial charge is 0.153 e. The molecule has 1 N–H and O–H groups in total. The third-order valence-corrected chi connectivity index (χ3v) is 6.16. The van der Waals surface area contributed by atoms with Gasteiger partial charge in [-0.05, 0) is 46.4 Å². The minimum Gasteiger partial charge on any atom is -0.303 e. The first-order chi connectivity index (χ1) is 8.42. The quantitative estimate of drug-likeness (QED) is 0.300. The van der Waals surface area contributed by atoms with E-state index in [1.54, 1.807) is 11.8 Å². The van der Waals surface area contributed by atoms with Crippen molar-refractivity contribution in [3.8, 4) is 0 Å². The van der Waals surface area contributed by atoms with Crippen LogP contribution in [0.5, 0.6) is 0 Å². The number of hydrogen-bond acceptors (Lipinski definition) is 5. The Bertz CT molecular complexity index is 296. The zero-order chi connectivity index (χ0) is 15.3. The van der Waals surface area contributed by atoms with Gasteiger partial charge in [0.1, 0.15) is 0 Å². The predicted octanol–water partition coefficient (Wildman–Crippen LogP) is 4.41. The molecule has 0 aliphatic heterocycles. The number of carbonyl (C=O) groups is 1. The van der Waals surface area contributed by atoms with E-state index in [1.165, 1.54) is 10.8 Å². The summed E-state index contributed by atoms with van der Waals surface area (Å²) < 4.78 is -0.300. The molecule has 0 aromatic heterocycles. The van der Waals surface area contributed by atoms with E-state index < -0.39 is 0 Å². The Morgan fingerprint density at radius 2 is 1.63 bits per heavy atom. The third-order valence-electron chi connectivity index (χ3n) is 2.79. The summed E-state index contributed by atoms with van der Waals surface area (Å²) in [7, 11) is 1.52. The molecule has 0 fully saturated rings. The van der Waals surface area contributed by atoms with Crippen LogP contribution in [-0.2, 0) is 4.79 Å². The highest BCUT2D eigenvalue weighted by Crippen LogP contribution is 2.33. The van der Waals surface area contributed by atoms with Crippen LogP contribution in [0.3, 0.4) is 0 Å². The first kappa shape index (κ1) is 19.7. The van der Waals surface area contributed by atoms with E-state index in [2.05, 4.69) is 30.8 Å². The molecule has 0 saturated heterocycles. The topological polar surface area (TPSA) is 29.1 Å². The molecule has 0 spiro atoms. The van der Waals surface area contributed by atoms with Crippen molar-refractivity contribution in [3.05, 3.63) is 0 Å². The minimum absolute atomic E-state index is 0.00449. The van der Waals surface area contributed by atoms with Crippen LogP contribution in [-0.4, -0.2) is 27.7 Å². The second kappa shape index (κ2) is 7.62. The van der Waals surface area contributed by atoms with Crippen LogP contribution in [0.2, 0.25) is 0 Å². The van der Waals surface area contributed by atoms with Gasteiger partial charge in [-0.1, -0.05) is 31.6 Å². The molecule has 0 aromatic carbocycles. The predicted molar refractivity (Wildman–Crippen MR) is 94.3 cm³/mol. The van der Waals surface area contributed by atoms with Gasteiger partial charge in [-0.25, -0.2) is 0 Å². The van der Waals surface area contributed by atoms with E-state index in [4.69, 9.17) is 0 Å². The van der Waals surface area contributed by atoms with Gasteiger partial charge in [-0.15, -0.1) is 23.4 Å². The van der Waals surface area contributed by atoms with Gasteiger partial charge in [-0.2, -0.15) is 0 Å². The molecule has 0 heterocycles. The molecule has 0 rings (SSSR count). The number of hydrogen-bond donors (Lipinski definition) is 2. The summed E-state index contributed by atoms with van der Waals surface area (Å²) in [6, 6.07) is 0. The molecule has 0 radical (unpaired) electrons. The average molecular weight is 324 g/mol. The summed E-state index contributed by atoms with van der Waals surface area (Å²) in [5, 5.41) is 3.44. The summed E-state index contributed by atoms with van der Waals surface area (Å²) in [4.78, 5) is 12.3. The van der Waals surface area contributed by atoms with Crippen molar-refractivity contribution < 1.29 is 4.79 Å². The van der Waals surface area contributed by atoms with Crippen molar-refractivity contribution in [1.82, 2.24) is 5.32 Å². The largest absolute Gasteiger partial charge is 0.303 e. The van der Waals surface area contributed by atoms with Gasteiger partial charge in [-0.3, -0.25) is 4.79 Å². The maximum atomic E-state index is 12.3. The Morgan fingerprint density at radius 3 is 2.05 bits per heavy atom. The van der Waals surface area contributed by atoms with Crippen molar-refractivity contribution in [2.45, 2.75) is 64.5 Å². The van der Waals surface area contributed by atoms with E-state index in [1.807, 2.05) is 34.6 Å². The standard InChI is InChI=1S/C14H29NOS3/c1-12(2,3)11(16)13(4,5)18-10-8-9-15-14(6,7)19-17/h15,17H,8-10H2,1-7H3. The van der Waals surface area contributed by atoms with Crippen molar-refractivity contribution in [2.24, 2.45) is 5.41 Å². The highest BCUT2D eigenvalue weighted by molar-refractivity contribution is 8.69. The fourth-order valence-electron chi connectivity index (χ4n) is 1.79. The molecule has 0 saturated carbocycles. The van der Waals surface area contributed by atoms with E-state index in [0.29, 0.717) is 5.78 Å². The summed E-state index contributed by atoms with van der Waals surface area (Å²) in [6.07, 6.45) is 1.06. The van der Waals surface area contributed by atoms with Crippen molar-refractivity contribution in [3.63, 3.8) is 0 Å². The fraction of sp³-hybridized carbons (Fsp3) is 0.929. The second-order valence-corrected chi connectivity index (χ2v) is 10.3. The third kappa shape index (κ3) is 7.88. The average Bonchev–Trinajstić information content (AvgIpc) is 2.26. The van der Waals surface area contributed by atoms with E-state index in [-0.39, 0.29) is 15.0 Å². The summed E-state index contributed by atoms with van der Waals surface area (Å²) in [5.41, 5.74) is -0.264. The molecule has 0 aromatic rings. The summed E-state index contributed by atoms with van der Waals surface area (Å²) in [5.74, 6) is 1.32. The van der Waals surface area contributed by atoms with Crippen LogP contribution in [0.15, 0.2) is 0 Å². The molecule has 0 aliphatic carbocycles. The maximum Gasteiger partial charge on any atom is 0.153 e. The Kier molecular flexibility index (Phi) is 7.89. The molecule has 5 heteroatoms. The van der Waals surface area contributed by atoms with Gasteiger partial charge < -0.3 is 5.32 Å². The molecule has 2 nitrogen and oxygen atoms in total. The number of nitrogens with one attached hydrogen (secondary N) is 1. The van der Waals surface area contributed by atoms with Gasteiger partial charge >= 0.3 is 0 Å². The van der Waals surface area contributed by atoms with E-state index >= 15 is 0 Å². The number of ketones is 1. The summed E-state index contributed by atoms with van der Waals surface area (Å²) in [6.45, 7) is 15.2. The lowest BCUT2D eigenvalue weighted by Crippen LogP contribution is -2.38. The molecule has 0 unspecified atom stereocenters. The lowest BCUT2D eigenvalue weighted by atomic mass is 9.84. The number of thioether (sulfide) groups is 1. The van der Waals surface area contributed by atoms with Crippen LogP contribution in [0.4, 0.5) is 0 Å². The SMILES string of the molecule is CC(C)(NCCCSC(C)(C)C(=O)C(C)(C)C)SS. The highest BCUT2D eigenvalue weighted by Gasteiger charge is 2.36. The molecular weight excluding hydrogens is 294 g/mol. The van der Waals surface area contributed by atoms with Gasteiger partial charge in [0.25, 0.3) is 0 Å². The molecule has 19 heavy (non-hydrogen) atoms. The summed E-state index contributed by atoms with van der Waals surface area (Å²) >= 11 is 5.99. The molecule has 0 aliphatic rings. The Labute approximate surface area is 132 Å². The number of carbonyl (C=O) groups excluding carboxylic acids is 1. The van der Waals surface area contributed by atoms with Crippen LogP contribution < -0.4 is 5.32 Å². The van der Waals surface area contributed by atoms with E-state index in [9.17, 15) is 4.79 Å². The zero-order valence-corrected chi connectivity index (χ0v) is 15.8. The van der Waals surface area contributed by atoms with Crippen LogP contribution in [0, 0.1) is 5.41 Å². The fourth-order valence-corrected chi connectivity index (χ4v) is 3.39. The van der Waals surface area contributed by atoms with Crippen LogP contribution in [0.25, 0.3) is 0 Å². The molecule has 0 amide bonds. The van der Waals surface area contributed by atoms with Crippen LogP contribution in [0.1, 0.15) is 54.9 Å². The molecule has 114 valence electrons. The highest BCUT2D eigenvalue weighted by atomic mass is 33.1. The molecule has 0 bridgehead atoms. The normalized spacial score (nSPS) is 13.7. The van der Waals surface area contributed by atoms with Crippen molar-refractivity contribution in [1.29, 1.82) is 0 Å². The monoisotopic (exact) mass is 323 g/mol. The maximum absolute atomic E-state index is 12.3. The Balaban J connectivity index is 4.04. The van der Waals surface area contributed by atoms with Gasteiger partial charge in [0, 0.05) is 5.41 Å². The van der Waals surface area contributed by atoms with Gasteiger partial charge in [0.15, 0.2) is 5.78 Å². The van der Waals surface area contributed by atoms with Crippen molar-refractivity contribution in [2.75, 3.05) is 12.3 Å².